The fourth-order valence-corrected chi connectivity index (χ4v) is 0. The molecule has 0 saturated heterocycles. The Bertz CT molecular complexity index is 18.5. The van der Waals surface area contributed by atoms with E-state index in [4.69, 9.17) is 0 Å². The zero-order chi connectivity index (χ0) is 3.41. The van der Waals surface area contributed by atoms with E-state index in [0.29, 0.717) is 0 Å². The van der Waals surface area contributed by atoms with Crippen LogP contribution in [0.25, 0.3) is 0 Å². The summed E-state index contributed by atoms with van der Waals surface area (Å²) in [5.74, 6) is 0. The Kier molecular flexibility index (Phi) is 4.05. The van der Waals surface area contributed by atoms with Crippen LogP contribution in [0.4, 0.5) is 0 Å². The summed E-state index contributed by atoms with van der Waals surface area (Å²) in [6.45, 7) is 2.03. The van der Waals surface area contributed by atoms with Crippen molar-refractivity contribution in [3.8, 4) is 0 Å². The van der Waals surface area contributed by atoms with E-state index in [1.807, 2.05) is 6.92 Å². The Balaban J connectivity index is 2.55. The van der Waals surface area contributed by atoms with Gasteiger partial charge in [-0.25, -0.2) is 0 Å². The Hall–Kier alpha value is 0.558. The molecule has 24 valence electrons. The third-order valence-electron chi connectivity index (χ3n) is 0.192. The molecule has 0 N–H and O–H groups in total. The Labute approximate surface area is 40.4 Å². The van der Waals surface area contributed by atoms with Crippen LogP contribution in [0.3, 0.4) is 0 Å². The van der Waals surface area contributed by atoms with Gasteiger partial charge in [0.2, 0.25) is 0 Å². The van der Waals surface area contributed by atoms with Gasteiger partial charge >= 0.3 is 40.0 Å². The molecule has 1 heteroatoms. The van der Waals surface area contributed by atoms with E-state index in [0.717, 1.165) is 0 Å². The minimum absolute atomic E-state index is 1.26. The van der Waals surface area contributed by atoms with Crippen LogP contribution >= 0.6 is 0 Å². The first-order valence-corrected chi connectivity index (χ1v) is 3.15. The molecule has 0 aromatic carbocycles. The molecule has 0 aromatic rings. The summed E-state index contributed by atoms with van der Waals surface area (Å²) in [7, 11) is 0. The zero-order valence-corrected chi connectivity index (χ0v) is 6.03. The molecule has 0 aliphatic heterocycles. The summed E-state index contributed by atoms with van der Waals surface area (Å²) in [6, 6.07) is 0. The molecule has 0 aromatic heterocycles. The maximum atomic E-state index is 2.13. The molecule has 0 unspecified atom stereocenters. The monoisotopic (exact) mass is 164 g/mol. The van der Waals surface area contributed by atoms with Gasteiger partial charge in [0, 0.05) is 0 Å². The molecule has 0 fully saturated rings. The Morgan fingerprint density at radius 3 is 2.00 bits per heavy atom. The van der Waals surface area contributed by atoms with Gasteiger partial charge in [0.15, 0.2) is 0 Å². The quantitative estimate of drug-likeness (QED) is 0.448. The van der Waals surface area contributed by atoms with Crippen LogP contribution in [0.2, 0.25) is 0 Å². The van der Waals surface area contributed by atoms with E-state index < -0.39 is 0 Å². The molecule has 0 spiro atoms. The normalized spacial score (nSPS) is 9.50. The summed E-state index contributed by atoms with van der Waals surface area (Å²) in [6.07, 6.45) is 2.06. The van der Waals surface area contributed by atoms with Crippen molar-refractivity contribution in [3.05, 3.63) is 10.1 Å². The van der Waals surface area contributed by atoms with E-state index in [2.05, 4.69) is 10.1 Å². The van der Waals surface area contributed by atoms with Crippen LogP contribution < -0.4 is 0 Å². The second kappa shape index (κ2) is 3.56. The van der Waals surface area contributed by atoms with Crippen LogP contribution in [0.5, 0.6) is 0 Å². The van der Waals surface area contributed by atoms with Gasteiger partial charge in [-0.15, -0.1) is 0 Å². The molecule has 0 rings (SSSR count). The van der Waals surface area contributed by atoms with E-state index in [9.17, 15) is 0 Å². The SMILES string of the molecule is CC=[CH][SbH2]. The first kappa shape index (κ1) is 4.56. The van der Waals surface area contributed by atoms with Gasteiger partial charge in [-0.2, -0.15) is 0 Å². The van der Waals surface area contributed by atoms with Crippen molar-refractivity contribution in [2.24, 2.45) is 0 Å². The van der Waals surface area contributed by atoms with Crippen LogP contribution in [0.1, 0.15) is 6.92 Å². The Morgan fingerprint density at radius 2 is 2.00 bits per heavy atom. The molecule has 0 atom stereocenters. The minimum atomic E-state index is 1.26. The van der Waals surface area contributed by atoms with Crippen LogP contribution in [-0.4, -0.2) is 23.0 Å². The fraction of sp³-hybridized carbons (Fsp3) is 0.333. The molecule has 0 aliphatic rings. The average Bonchev–Trinajstić information content (AvgIpc) is 1.37. The predicted molar refractivity (Wildman–Crippen MR) is 23.4 cm³/mol. The van der Waals surface area contributed by atoms with Crippen LogP contribution in [0, 0.1) is 0 Å². The standard InChI is InChI=1S/C3H5.Sb.2H/c1-3-2;;;/h1,3H,2H3;;;. The second-order valence-corrected chi connectivity index (χ2v) is 1.62. The molecular formula is C3H7Sb. The summed E-state index contributed by atoms with van der Waals surface area (Å²) in [5.41, 5.74) is 0. The first-order valence-electron chi connectivity index (χ1n) is 1.24. The summed E-state index contributed by atoms with van der Waals surface area (Å²) in [5, 5.41) is 0. The topological polar surface area (TPSA) is 0 Å². The van der Waals surface area contributed by atoms with Crippen molar-refractivity contribution in [1.82, 2.24) is 0 Å². The second-order valence-electron chi connectivity index (χ2n) is 0.526. The number of hydrogen-bond acceptors (Lipinski definition) is 0. The third-order valence-corrected chi connectivity index (χ3v) is 1.29. The first-order chi connectivity index (χ1) is 1.91. The van der Waals surface area contributed by atoms with Crippen molar-refractivity contribution in [2.45, 2.75) is 6.92 Å². The molecule has 4 heavy (non-hydrogen) atoms. The molecule has 0 bridgehead atoms. The third kappa shape index (κ3) is 2.56. The summed E-state index contributed by atoms with van der Waals surface area (Å²) >= 11 is 1.26. The van der Waals surface area contributed by atoms with Gasteiger partial charge in [0.1, 0.15) is 0 Å². The summed E-state index contributed by atoms with van der Waals surface area (Å²) < 4.78 is 2.13. The molecule has 0 heterocycles. The van der Waals surface area contributed by atoms with Crippen molar-refractivity contribution in [2.75, 3.05) is 0 Å². The number of rotatable bonds is 0. The summed E-state index contributed by atoms with van der Waals surface area (Å²) in [4.78, 5) is 0. The van der Waals surface area contributed by atoms with Crippen LogP contribution in [-0.2, 0) is 0 Å². The predicted octanol–water partition coefficient (Wildman–Crippen LogP) is 0.153. The maximum absolute atomic E-state index is 2.13. The number of hydrogen-bond donors (Lipinski definition) is 0. The fourth-order valence-electron chi connectivity index (χ4n) is 0. The van der Waals surface area contributed by atoms with E-state index in [-0.39, 0.29) is 0 Å². The number of allylic oxidation sites excluding steroid dienone is 1. The van der Waals surface area contributed by atoms with Gasteiger partial charge in [-0.1, -0.05) is 0 Å². The average molecular weight is 165 g/mol. The van der Waals surface area contributed by atoms with Gasteiger partial charge in [-0.05, 0) is 0 Å². The van der Waals surface area contributed by atoms with Gasteiger partial charge in [0.25, 0.3) is 0 Å². The molecule has 0 saturated carbocycles. The van der Waals surface area contributed by atoms with Crippen LogP contribution in [0.15, 0.2) is 10.1 Å². The molecule has 0 nitrogen and oxygen atoms in total. The van der Waals surface area contributed by atoms with Gasteiger partial charge < -0.3 is 0 Å². The van der Waals surface area contributed by atoms with E-state index in [1.165, 1.54) is 23.0 Å². The molecular weight excluding hydrogens is 158 g/mol. The van der Waals surface area contributed by atoms with Gasteiger partial charge in [0.05, 0.1) is 0 Å². The molecule has 0 aliphatic carbocycles. The van der Waals surface area contributed by atoms with Crippen molar-refractivity contribution >= 4 is 23.0 Å². The Morgan fingerprint density at radius 1 is 1.75 bits per heavy atom. The zero-order valence-electron chi connectivity index (χ0n) is 2.73. The molecule has 0 amide bonds. The van der Waals surface area contributed by atoms with Crippen molar-refractivity contribution < 1.29 is 0 Å². The molecule has 0 radical (unpaired) electrons. The van der Waals surface area contributed by atoms with Crippen molar-refractivity contribution in [3.63, 3.8) is 0 Å². The van der Waals surface area contributed by atoms with E-state index in [1.54, 1.807) is 0 Å². The van der Waals surface area contributed by atoms with Crippen molar-refractivity contribution in [1.29, 1.82) is 0 Å². The van der Waals surface area contributed by atoms with E-state index >= 15 is 0 Å². The van der Waals surface area contributed by atoms with Gasteiger partial charge in [-0.3, -0.25) is 0 Å².